The van der Waals surface area contributed by atoms with Gasteiger partial charge in [-0.1, -0.05) is 72.8 Å². The lowest BCUT2D eigenvalue weighted by molar-refractivity contribution is -0.164. The molecule has 2 amide bonds. The first kappa shape index (κ1) is 21.4. The van der Waals surface area contributed by atoms with E-state index in [4.69, 9.17) is 4.74 Å². The summed E-state index contributed by atoms with van der Waals surface area (Å²) in [5.74, 6) is -4.01. The second-order valence-electron chi connectivity index (χ2n) is 7.74. The molecular weight excluding hydrogens is 409 g/mol. The number of benzene rings is 3. The minimum Gasteiger partial charge on any atom is -0.460 e. The van der Waals surface area contributed by atoms with Gasteiger partial charge in [0.1, 0.15) is 18.3 Å². The molecule has 2 unspecified atom stereocenters. The molecule has 5 nitrogen and oxygen atoms in total. The molecule has 0 radical (unpaired) electrons. The lowest BCUT2D eigenvalue weighted by atomic mass is 9.79. The van der Waals surface area contributed by atoms with Crippen LogP contribution >= 0.6 is 0 Å². The third-order valence-electron chi connectivity index (χ3n) is 5.59. The van der Waals surface area contributed by atoms with Gasteiger partial charge in [-0.15, -0.1) is 0 Å². The molecule has 0 N–H and O–H groups in total. The van der Waals surface area contributed by atoms with Crippen molar-refractivity contribution >= 4 is 17.8 Å². The van der Waals surface area contributed by atoms with E-state index in [1.807, 2.05) is 60.7 Å². The summed E-state index contributed by atoms with van der Waals surface area (Å²) in [6.45, 7) is 0.101. The Balaban J connectivity index is 1.61. The molecular formula is C26H22FNO4. The molecule has 4 rings (SSSR count). The third-order valence-corrected chi connectivity index (χ3v) is 5.59. The topological polar surface area (TPSA) is 63.7 Å². The predicted octanol–water partition coefficient (Wildman–Crippen LogP) is 4.23. The highest BCUT2D eigenvalue weighted by molar-refractivity contribution is 6.08. The number of amides is 2. The molecule has 32 heavy (non-hydrogen) atoms. The third kappa shape index (κ3) is 4.75. The van der Waals surface area contributed by atoms with Gasteiger partial charge < -0.3 is 4.74 Å². The highest BCUT2D eigenvalue weighted by Gasteiger charge is 2.46. The van der Waals surface area contributed by atoms with Gasteiger partial charge in [-0.05, 0) is 28.8 Å². The summed E-state index contributed by atoms with van der Waals surface area (Å²) < 4.78 is 18.9. The highest BCUT2D eigenvalue weighted by atomic mass is 19.1. The SMILES string of the molecule is O=C(OCc1ccccc1)C1C(=O)N(Cc2ccccc2)C(=O)CC1c1ccc(F)cc1. The Bertz CT molecular complexity index is 1100. The van der Waals surface area contributed by atoms with Crippen LogP contribution in [-0.4, -0.2) is 22.7 Å². The Morgan fingerprint density at radius 2 is 1.47 bits per heavy atom. The highest BCUT2D eigenvalue weighted by Crippen LogP contribution is 2.36. The number of carbonyl (C=O) groups is 3. The van der Waals surface area contributed by atoms with Crippen LogP contribution in [0.5, 0.6) is 0 Å². The van der Waals surface area contributed by atoms with Gasteiger partial charge in [0.2, 0.25) is 11.8 Å². The summed E-state index contributed by atoms with van der Waals surface area (Å²) in [6.07, 6.45) is -0.0463. The maximum Gasteiger partial charge on any atom is 0.319 e. The Labute approximate surface area is 185 Å². The minimum atomic E-state index is -1.19. The van der Waals surface area contributed by atoms with Crippen LogP contribution in [0, 0.1) is 11.7 Å². The Kier molecular flexibility index (Phi) is 6.40. The van der Waals surface area contributed by atoms with Crippen LogP contribution in [0.2, 0.25) is 0 Å². The maximum atomic E-state index is 13.4. The number of imide groups is 1. The van der Waals surface area contributed by atoms with Crippen molar-refractivity contribution in [2.75, 3.05) is 0 Å². The van der Waals surface area contributed by atoms with E-state index in [1.54, 1.807) is 0 Å². The summed E-state index contributed by atoms with van der Waals surface area (Å²) in [6, 6.07) is 23.8. The van der Waals surface area contributed by atoms with Gasteiger partial charge in [0.15, 0.2) is 0 Å². The fourth-order valence-corrected chi connectivity index (χ4v) is 3.91. The van der Waals surface area contributed by atoms with Crippen molar-refractivity contribution in [2.45, 2.75) is 25.5 Å². The van der Waals surface area contributed by atoms with Gasteiger partial charge >= 0.3 is 5.97 Å². The van der Waals surface area contributed by atoms with E-state index in [9.17, 15) is 18.8 Å². The van der Waals surface area contributed by atoms with E-state index in [-0.39, 0.29) is 25.5 Å². The summed E-state index contributed by atoms with van der Waals surface area (Å²) >= 11 is 0. The van der Waals surface area contributed by atoms with Crippen LogP contribution < -0.4 is 0 Å². The molecule has 1 aliphatic rings. The van der Waals surface area contributed by atoms with E-state index < -0.39 is 29.5 Å². The molecule has 162 valence electrons. The zero-order valence-electron chi connectivity index (χ0n) is 17.3. The van der Waals surface area contributed by atoms with E-state index in [0.29, 0.717) is 5.56 Å². The van der Waals surface area contributed by atoms with Gasteiger partial charge in [-0.2, -0.15) is 0 Å². The lowest BCUT2D eigenvalue weighted by Gasteiger charge is -2.35. The van der Waals surface area contributed by atoms with E-state index >= 15 is 0 Å². The van der Waals surface area contributed by atoms with E-state index in [1.165, 1.54) is 24.3 Å². The number of esters is 1. The van der Waals surface area contributed by atoms with Gasteiger partial charge in [-0.3, -0.25) is 19.3 Å². The summed E-state index contributed by atoms with van der Waals surface area (Å²) in [5.41, 5.74) is 2.12. The zero-order valence-corrected chi connectivity index (χ0v) is 17.3. The monoisotopic (exact) mass is 431 g/mol. The van der Waals surface area contributed by atoms with Gasteiger partial charge in [0.25, 0.3) is 0 Å². The van der Waals surface area contributed by atoms with Gasteiger partial charge in [0, 0.05) is 12.3 Å². The standard InChI is InChI=1S/C26H22FNO4/c27-21-13-11-20(12-14-21)22-15-23(29)28(16-18-7-3-1-4-8-18)25(30)24(22)26(31)32-17-19-9-5-2-6-10-19/h1-14,22,24H,15-17H2. The van der Waals surface area contributed by atoms with Crippen molar-refractivity contribution in [1.29, 1.82) is 0 Å². The molecule has 3 aromatic carbocycles. The Hall–Kier alpha value is -3.80. The number of rotatable bonds is 6. The van der Waals surface area contributed by atoms with Crippen LogP contribution in [0.25, 0.3) is 0 Å². The molecule has 0 saturated carbocycles. The molecule has 1 aliphatic heterocycles. The number of piperidine rings is 1. The van der Waals surface area contributed by atoms with E-state index in [0.717, 1.165) is 16.0 Å². The first-order chi connectivity index (χ1) is 15.5. The minimum absolute atomic E-state index is 0.0201. The predicted molar refractivity (Wildman–Crippen MR) is 115 cm³/mol. The number of hydrogen-bond acceptors (Lipinski definition) is 4. The molecule has 1 saturated heterocycles. The Morgan fingerprint density at radius 3 is 2.09 bits per heavy atom. The number of likely N-dealkylation sites (tertiary alicyclic amines) is 1. The van der Waals surface area contributed by atoms with E-state index in [2.05, 4.69) is 0 Å². The Morgan fingerprint density at radius 1 is 0.875 bits per heavy atom. The fourth-order valence-electron chi connectivity index (χ4n) is 3.91. The molecule has 3 aromatic rings. The molecule has 0 aromatic heterocycles. The molecule has 0 aliphatic carbocycles. The normalized spacial score (nSPS) is 18.5. The van der Waals surface area contributed by atoms with Crippen LogP contribution in [0.15, 0.2) is 84.9 Å². The average Bonchev–Trinajstić information content (AvgIpc) is 2.82. The number of ether oxygens (including phenoxy) is 1. The van der Waals surface area contributed by atoms with Crippen molar-refractivity contribution < 1.29 is 23.5 Å². The lowest BCUT2D eigenvalue weighted by Crippen LogP contribution is -2.50. The molecule has 1 fully saturated rings. The second kappa shape index (κ2) is 9.56. The number of hydrogen-bond donors (Lipinski definition) is 0. The molecule has 2 atom stereocenters. The molecule has 0 bridgehead atoms. The van der Waals surface area contributed by atoms with Crippen molar-refractivity contribution in [2.24, 2.45) is 5.92 Å². The van der Waals surface area contributed by atoms with Crippen LogP contribution in [-0.2, 0) is 32.3 Å². The summed E-state index contributed by atoms with van der Waals surface area (Å²) in [7, 11) is 0. The fraction of sp³-hybridized carbons (Fsp3) is 0.192. The maximum absolute atomic E-state index is 13.4. The smallest absolute Gasteiger partial charge is 0.319 e. The van der Waals surface area contributed by atoms with Crippen molar-refractivity contribution in [3.63, 3.8) is 0 Å². The number of nitrogens with zero attached hydrogens (tertiary/aromatic N) is 1. The van der Waals surface area contributed by atoms with Crippen LogP contribution in [0.1, 0.15) is 29.0 Å². The van der Waals surface area contributed by atoms with Crippen molar-refractivity contribution in [3.8, 4) is 0 Å². The largest absolute Gasteiger partial charge is 0.460 e. The average molecular weight is 431 g/mol. The number of halogens is 1. The second-order valence-corrected chi connectivity index (χ2v) is 7.74. The van der Waals surface area contributed by atoms with Crippen LogP contribution in [0.3, 0.4) is 0 Å². The van der Waals surface area contributed by atoms with Gasteiger partial charge in [-0.25, -0.2) is 4.39 Å². The first-order valence-electron chi connectivity index (χ1n) is 10.4. The zero-order chi connectivity index (χ0) is 22.5. The molecule has 6 heteroatoms. The quantitative estimate of drug-likeness (QED) is 0.333. The molecule has 1 heterocycles. The first-order valence-corrected chi connectivity index (χ1v) is 10.4. The van der Waals surface area contributed by atoms with Crippen LogP contribution in [0.4, 0.5) is 4.39 Å². The van der Waals surface area contributed by atoms with Crippen molar-refractivity contribution in [1.82, 2.24) is 4.90 Å². The number of carbonyl (C=O) groups excluding carboxylic acids is 3. The summed E-state index contributed by atoms with van der Waals surface area (Å²) in [4.78, 5) is 40.5. The van der Waals surface area contributed by atoms with Crippen molar-refractivity contribution in [3.05, 3.63) is 107 Å². The molecule has 0 spiro atoms. The van der Waals surface area contributed by atoms with Gasteiger partial charge in [0.05, 0.1) is 6.54 Å². The summed E-state index contributed by atoms with van der Waals surface area (Å²) in [5, 5.41) is 0.